The highest BCUT2D eigenvalue weighted by Crippen LogP contribution is 2.29. The van der Waals surface area contributed by atoms with Crippen LogP contribution in [0.15, 0.2) is 47.0 Å². The molecule has 20 heavy (non-hydrogen) atoms. The molecule has 0 unspecified atom stereocenters. The molecule has 0 fully saturated rings. The fraction of sp³-hybridized carbons (Fsp3) is 0.125. The molecule has 2 aromatic carbocycles. The van der Waals surface area contributed by atoms with Gasteiger partial charge in [0.05, 0.1) is 5.56 Å². The summed E-state index contributed by atoms with van der Waals surface area (Å²) in [6.45, 7) is 3.98. The third kappa shape index (κ3) is 2.05. The molecule has 1 aromatic heterocycles. The van der Waals surface area contributed by atoms with E-state index in [4.69, 9.17) is 10.3 Å². The molecule has 100 valence electrons. The molecular formula is C16H15N3O. The lowest BCUT2D eigenvalue weighted by Crippen LogP contribution is -1.93. The molecule has 4 heteroatoms. The molecule has 4 nitrogen and oxygen atoms in total. The summed E-state index contributed by atoms with van der Waals surface area (Å²) in [5.74, 6) is 1.03. The molecule has 1 heterocycles. The Kier molecular flexibility index (Phi) is 2.99. The van der Waals surface area contributed by atoms with Gasteiger partial charge in [-0.25, -0.2) is 0 Å². The summed E-state index contributed by atoms with van der Waals surface area (Å²) in [4.78, 5) is 4.46. The van der Waals surface area contributed by atoms with Gasteiger partial charge in [-0.1, -0.05) is 41.6 Å². The predicted molar refractivity (Wildman–Crippen MR) is 79.1 cm³/mol. The van der Waals surface area contributed by atoms with Gasteiger partial charge in [-0.05, 0) is 31.0 Å². The Morgan fingerprint density at radius 3 is 2.40 bits per heavy atom. The van der Waals surface area contributed by atoms with Crippen molar-refractivity contribution in [1.82, 2.24) is 10.1 Å². The molecule has 0 amide bonds. The van der Waals surface area contributed by atoms with Gasteiger partial charge < -0.3 is 10.3 Å². The van der Waals surface area contributed by atoms with Gasteiger partial charge in [0.1, 0.15) is 0 Å². The number of benzene rings is 2. The van der Waals surface area contributed by atoms with Crippen molar-refractivity contribution in [3.05, 3.63) is 53.6 Å². The Balaban J connectivity index is 2.07. The number of anilines is 1. The highest BCUT2D eigenvalue weighted by molar-refractivity contribution is 5.74. The minimum Gasteiger partial charge on any atom is -0.398 e. The number of nitrogens with two attached hydrogens (primary N) is 1. The van der Waals surface area contributed by atoms with Crippen LogP contribution in [0.5, 0.6) is 0 Å². The van der Waals surface area contributed by atoms with E-state index in [0.29, 0.717) is 17.4 Å². The Bertz CT molecular complexity index is 762. The largest absolute Gasteiger partial charge is 0.398 e. The smallest absolute Gasteiger partial charge is 0.260 e. The van der Waals surface area contributed by atoms with E-state index < -0.39 is 0 Å². The van der Waals surface area contributed by atoms with Crippen LogP contribution < -0.4 is 5.73 Å². The minimum absolute atomic E-state index is 0.449. The molecule has 3 rings (SSSR count). The average molecular weight is 265 g/mol. The highest BCUT2D eigenvalue weighted by atomic mass is 16.5. The second-order valence-corrected chi connectivity index (χ2v) is 4.77. The molecular weight excluding hydrogens is 250 g/mol. The molecule has 3 aromatic rings. The Morgan fingerprint density at radius 2 is 1.60 bits per heavy atom. The van der Waals surface area contributed by atoms with Gasteiger partial charge in [0.25, 0.3) is 5.89 Å². The van der Waals surface area contributed by atoms with Gasteiger partial charge >= 0.3 is 0 Å². The third-order valence-corrected chi connectivity index (χ3v) is 3.37. The summed E-state index contributed by atoms with van der Waals surface area (Å²) < 4.78 is 5.35. The van der Waals surface area contributed by atoms with E-state index in [-0.39, 0.29) is 0 Å². The standard InChI is InChI=1S/C16H15N3O/c1-10-6-3-4-8-12(10)15-18-16(20-19-15)13-9-5-7-11(2)14(13)17/h3-9H,17H2,1-2H3. The Hall–Kier alpha value is -2.62. The summed E-state index contributed by atoms with van der Waals surface area (Å²) >= 11 is 0. The van der Waals surface area contributed by atoms with Crippen LogP contribution in [0.4, 0.5) is 5.69 Å². The SMILES string of the molecule is Cc1ccccc1-c1noc(-c2cccc(C)c2N)n1. The van der Waals surface area contributed by atoms with Crippen molar-refractivity contribution in [3.8, 4) is 22.8 Å². The first-order valence-corrected chi connectivity index (χ1v) is 6.42. The van der Waals surface area contributed by atoms with Gasteiger partial charge in [0.2, 0.25) is 5.82 Å². The minimum atomic E-state index is 0.449. The summed E-state index contributed by atoms with van der Waals surface area (Å²) in [6.07, 6.45) is 0. The van der Waals surface area contributed by atoms with Crippen LogP contribution in [0.2, 0.25) is 0 Å². The maximum atomic E-state index is 6.06. The topological polar surface area (TPSA) is 64.9 Å². The van der Waals surface area contributed by atoms with Gasteiger partial charge in [0, 0.05) is 11.3 Å². The van der Waals surface area contributed by atoms with Crippen molar-refractivity contribution in [2.75, 3.05) is 5.73 Å². The molecule has 0 aliphatic heterocycles. The number of hydrogen-bond donors (Lipinski definition) is 1. The van der Waals surface area contributed by atoms with Gasteiger partial charge in [0.15, 0.2) is 0 Å². The Labute approximate surface area is 117 Å². The number of nitrogen functional groups attached to an aromatic ring is 1. The number of nitrogens with zero attached hydrogens (tertiary/aromatic N) is 2. The number of aryl methyl sites for hydroxylation is 2. The van der Waals surface area contributed by atoms with E-state index in [2.05, 4.69) is 10.1 Å². The summed E-state index contributed by atoms with van der Waals surface area (Å²) in [5, 5.41) is 4.05. The molecule has 0 saturated heterocycles. The van der Waals surface area contributed by atoms with E-state index in [0.717, 1.165) is 22.3 Å². The van der Waals surface area contributed by atoms with E-state index in [1.807, 2.05) is 56.3 Å². The van der Waals surface area contributed by atoms with E-state index in [1.165, 1.54) is 0 Å². The highest BCUT2D eigenvalue weighted by Gasteiger charge is 2.14. The zero-order chi connectivity index (χ0) is 14.1. The number of aromatic nitrogens is 2. The van der Waals surface area contributed by atoms with Crippen molar-refractivity contribution >= 4 is 5.69 Å². The first-order valence-electron chi connectivity index (χ1n) is 6.42. The maximum Gasteiger partial charge on any atom is 0.260 e. The fourth-order valence-electron chi connectivity index (χ4n) is 2.13. The molecule has 0 aliphatic rings. The quantitative estimate of drug-likeness (QED) is 0.719. The van der Waals surface area contributed by atoms with Crippen molar-refractivity contribution in [2.45, 2.75) is 13.8 Å². The van der Waals surface area contributed by atoms with E-state index in [9.17, 15) is 0 Å². The summed E-state index contributed by atoms with van der Waals surface area (Å²) in [5.41, 5.74) is 10.6. The lowest BCUT2D eigenvalue weighted by Gasteiger charge is -2.03. The molecule has 0 atom stereocenters. The number of rotatable bonds is 2. The molecule has 0 bridgehead atoms. The molecule has 0 aliphatic carbocycles. The van der Waals surface area contributed by atoms with Crippen LogP contribution in [0, 0.1) is 13.8 Å². The van der Waals surface area contributed by atoms with Gasteiger partial charge in [-0.3, -0.25) is 0 Å². The lowest BCUT2D eigenvalue weighted by molar-refractivity contribution is 0.432. The van der Waals surface area contributed by atoms with Crippen molar-refractivity contribution in [3.63, 3.8) is 0 Å². The van der Waals surface area contributed by atoms with Gasteiger partial charge in [-0.2, -0.15) is 4.98 Å². The zero-order valence-corrected chi connectivity index (χ0v) is 11.4. The first-order chi connectivity index (χ1) is 9.66. The van der Waals surface area contributed by atoms with Crippen LogP contribution in [0.3, 0.4) is 0 Å². The predicted octanol–water partition coefficient (Wildman–Crippen LogP) is 3.60. The second-order valence-electron chi connectivity index (χ2n) is 4.77. The average Bonchev–Trinajstić information content (AvgIpc) is 2.92. The number of hydrogen-bond acceptors (Lipinski definition) is 4. The van der Waals surface area contributed by atoms with Crippen LogP contribution in [0.25, 0.3) is 22.8 Å². The summed E-state index contributed by atoms with van der Waals surface area (Å²) in [6, 6.07) is 13.7. The lowest BCUT2D eigenvalue weighted by atomic mass is 10.1. The molecule has 2 N–H and O–H groups in total. The zero-order valence-electron chi connectivity index (χ0n) is 11.4. The fourth-order valence-corrected chi connectivity index (χ4v) is 2.13. The van der Waals surface area contributed by atoms with Crippen LogP contribution in [-0.4, -0.2) is 10.1 Å². The normalized spacial score (nSPS) is 10.7. The first kappa shape index (κ1) is 12.4. The second kappa shape index (κ2) is 4.81. The Morgan fingerprint density at radius 1 is 0.900 bits per heavy atom. The monoisotopic (exact) mass is 265 g/mol. The van der Waals surface area contributed by atoms with E-state index >= 15 is 0 Å². The van der Waals surface area contributed by atoms with Crippen LogP contribution >= 0.6 is 0 Å². The molecule has 0 saturated carbocycles. The van der Waals surface area contributed by atoms with Crippen LogP contribution in [-0.2, 0) is 0 Å². The third-order valence-electron chi connectivity index (χ3n) is 3.37. The number of para-hydroxylation sites is 1. The van der Waals surface area contributed by atoms with Crippen molar-refractivity contribution in [1.29, 1.82) is 0 Å². The van der Waals surface area contributed by atoms with Gasteiger partial charge in [-0.15, -0.1) is 0 Å². The maximum absolute atomic E-state index is 6.06. The molecule has 0 radical (unpaired) electrons. The summed E-state index contributed by atoms with van der Waals surface area (Å²) in [7, 11) is 0. The molecule has 0 spiro atoms. The van der Waals surface area contributed by atoms with Crippen molar-refractivity contribution in [2.24, 2.45) is 0 Å². The van der Waals surface area contributed by atoms with Crippen LogP contribution in [0.1, 0.15) is 11.1 Å². The van der Waals surface area contributed by atoms with E-state index in [1.54, 1.807) is 0 Å². The van der Waals surface area contributed by atoms with Crippen molar-refractivity contribution < 1.29 is 4.52 Å².